The van der Waals surface area contributed by atoms with Gasteiger partial charge in [-0.2, -0.15) is 0 Å². The number of methoxy groups -OCH3 is 1. The van der Waals surface area contributed by atoms with E-state index in [2.05, 4.69) is 5.32 Å². The standard InChI is InChI=1S/C16H21ClN2O2.ClH/c1-21-14-4-2-3-13(17)15(14)16(20)19-7-5-11-9-18-10-12(11)6-8-19;/h2-4,11-12,18H,5-10H2,1H3;1H/t11-,12+;. The van der Waals surface area contributed by atoms with E-state index >= 15 is 0 Å². The first-order chi connectivity index (χ1) is 10.2. The zero-order chi connectivity index (χ0) is 14.8. The van der Waals surface area contributed by atoms with Crippen molar-refractivity contribution in [3.8, 4) is 5.75 Å². The van der Waals surface area contributed by atoms with E-state index in [1.165, 1.54) is 0 Å². The largest absolute Gasteiger partial charge is 0.496 e. The normalized spacial score (nSPS) is 24.2. The van der Waals surface area contributed by atoms with Crippen LogP contribution in [-0.2, 0) is 0 Å². The lowest BCUT2D eigenvalue weighted by Crippen LogP contribution is -2.33. The Kier molecular flexibility index (Phi) is 5.95. The van der Waals surface area contributed by atoms with Gasteiger partial charge in [0.25, 0.3) is 5.91 Å². The van der Waals surface area contributed by atoms with Gasteiger partial charge in [-0.3, -0.25) is 4.79 Å². The van der Waals surface area contributed by atoms with Gasteiger partial charge in [0, 0.05) is 13.1 Å². The number of likely N-dealkylation sites (tertiary alicyclic amines) is 1. The van der Waals surface area contributed by atoms with Crippen LogP contribution in [0.25, 0.3) is 0 Å². The van der Waals surface area contributed by atoms with Gasteiger partial charge < -0.3 is 15.0 Å². The van der Waals surface area contributed by atoms with Crippen molar-refractivity contribution in [2.75, 3.05) is 33.3 Å². The van der Waals surface area contributed by atoms with Gasteiger partial charge in [0.05, 0.1) is 12.1 Å². The maximum absolute atomic E-state index is 12.8. The third-order valence-corrected chi connectivity index (χ3v) is 5.03. The number of benzene rings is 1. The second kappa shape index (κ2) is 7.53. The Balaban J connectivity index is 0.00000176. The molecule has 1 N–H and O–H groups in total. The fourth-order valence-corrected chi connectivity index (χ4v) is 3.71. The number of carbonyl (C=O) groups is 1. The minimum Gasteiger partial charge on any atom is -0.496 e. The maximum atomic E-state index is 12.8. The van der Waals surface area contributed by atoms with Crippen LogP contribution in [0.15, 0.2) is 18.2 Å². The number of rotatable bonds is 2. The highest BCUT2D eigenvalue weighted by molar-refractivity contribution is 6.34. The van der Waals surface area contributed by atoms with Crippen LogP contribution in [0.3, 0.4) is 0 Å². The Labute approximate surface area is 142 Å². The Bertz CT molecular complexity index is 525. The molecule has 1 amide bonds. The lowest BCUT2D eigenvalue weighted by Gasteiger charge is -2.22. The first kappa shape index (κ1) is 17.4. The van der Waals surface area contributed by atoms with E-state index in [9.17, 15) is 4.79 Å². The summed E-state index contributed by atoms with van der Waals surface area (Å²) in [4.78, 5) is 14.8. The summed E-state index contributed by atoms with van der Waals surface area (Å²) in [5.74, 6) is 1.95. The van der Waals surface area contributed by atoms with Crippen molar-refractivity contribution in [1.82, 2.24) is 10.2 Å². The van der Waals surface area contributed by atoms with E-state index in [1.807, 2.05) is 4.90 Å². The van der Waals surface area contributed by atoms with Crippen molar-refractivity contribution in [2.45, 2.75) is 12.8 Å². The molecule has 3 rings (SSSR count). The van der Waals surface area contributed by atoms with Gasteiger partial charge >= 0.3 is 0 Å². The highest BCUT2D eigenvalue weighted by Gasteiger charge is 2.32. The van der Waals surface area contributed by atoms with Crippen LogP contribution >= 0.6 is 24.0 Å². The molecule has 2 fully saturated rings. The molecule has 2 atom stereocenters. The van der Waals surface area contributed by atoms with Crippen molar-refractivity contribution < 1.29 is 9.53 Å². The Morgan fingerprint density at radius 2 is 1.91 bits per heavy atom. The van der Waals surface area contributed by atoms with Crippen molar-refractivity contribution in [3.63, 3.8) is 0 Å². The maximum Gasteiger partial charge on any atom is 0.259 e. The SMILES string of the molecule is COc1cccc(Cl)c1C(=O)N1CC[C@@H]2CNC[C@@H]2CC1.Cl. The molecule has 0 unspecified atom stereocenters. The summed E-state index contributed by atoms with van der Waals surface area (Å²) in [6.45, 7) is 3.77. The zero-order valence-electron chi connectivity index (χ0n) is 12.7. The third kappa shape index (κ3) is 3.34. The number of fused-ring (bicyclic) bond motifs is 1. The van der Waals surface area contributed by atoms with Gasteiger partial charge in [0.2, 0.25) is 0 Å². The molecule has 22 heavy (non-hydrogen) atoms. The monoisotopic (exact) mass is 344 g/mol. The molecule has 122 valence electrons. The van der Waals surface area contributed by atoms with Gasteiger partial charge in [-0.05, 0) is 49.9 Å². The molecule has 4 nitrogen and oxygen atoms in total. The van der Waals surface area contributed by atoms with E-state index in [1.54, 1.807) is 25.3 Å². The summed E-state index contributed by atoms with van der Waals surface area (Å²) in [6.07, 6.45) is 2.13. The fraction of sp³-hybridized carbons (Fsp3) is 0.562. The van der Waals surface area contributed by atoms with E-state index in [0.717, 1.165) is 39.0 Å². The summed E-state index contributed by atoms with van der Waals surface area (Å²) in [5.41, 5.74) is 0.492. The predicted molar refractivity (Wildman–Crippen MR) is 90.2 cm³/mol. The summed E-state index contributed by atoms with van der Waals surface area (Å²) in [6, 6.07) is 5.33. The minimum absolute atomic E-state index is 0. The molecular formula is C16H22Cl2N2O2. The van der Waals surface area contributed by atoms with Gasteiger partial charge in [-0.25, -0.2) is 0 Å². The summed E-state index contributed by atoms with van der Waals surface area (Å²) in [5, 5.41) is 3.91. The molecule has 2 aliphatic heterocycles. The van der Waals surface area contributed by atoms with Gasteiger partial charge in [-0.15, -0.1) is 12.4 Å². The van der Waals surface area contributed by atoms with Crippen LogP contribution in [0.1, 0.15) is 23.2 Å². The lowest BCUT2D eigenvalue weighted by molar-refractivity contribution is 0.0755. The van der Waals surface area contributed by atoms with Crippen LogP contribution in [0.5, 0.6) is 5.75 Å². The number of nitrogens with one attached hydrogen (secondary N) is 1. The molecule has 0 aliphatic carbocycles. The average Bonchev–Trinajstić information content (AvgIpc) is 2.85. The van der Waals surface area contributed by atoms with Gasteiger partial charge in [-0.1, -0.05) is 17.7 Å². The molecule has 0 bridgehead atoms. The second-order valence-corrected chi connectivity index (χ2v) is 6.27. The van der Waals surface area contributed by atoms with Crippen molar-refractivity contribution in [3.05, 3.63) is 28.8 Å². The molecule has 2 heterocycles. The van der Waals surface area contributed by atoms with E-state index in [4.69, 9.17) is 16.3 Å². The van der Waals surface area contributed by atoms with Crippen molar-refractivity contribution in [1.29, 1.82) is 0 Å². The molecule has 0 saturated carbocycles. The number of amides is 1. The van der Waals surface area contributed by atoms with E-state index in [0.29, 0.717) is 28.2 Å². The Morgan fingerprint density at radius 3 is 2.50 bits per heavy atom. The van der Waals surface area contributed by atoms with E-state index in [-0.39, 0.29) is 18.3 Å². The lowest BCUT2D eigenvalue weighted by atomic mass is 9.92. The van der Waals surface area contributed by atoms with E-state index < -0.39 is 0 Å². The minimum atomic E-state index is -0.00890. The van der Waals surface area contributed by atoms with Crippen LogP contribution in [0, 0.1) is 11.8 Å². The summed E-state index contributed by atoms with van der Waals surface area (Å²) < 4.78 is 5.30. The van der Waals surface area contributed by atoms with Crippen molar-refractivity contribution in [2.24, 2.45) is 11.8 Å². The molecule has 2 aliphatic rings. The van der Waals surface area contributed by atoms with Crippen molar-refractivity contribution >= 4 is 29.9 Å². The highest BCUT2D eigenvalue weighted by atomic mass is 35.5. The molecule has 0 radical (unpaired) electrons. The Hall–Kier alpha value is -0.970. The first-order valence-electron chi connectivity index (χ1n) is 7.53. The first-order valence-corrected chi connectivity index (χ1v) is 7.91. The quantitative estimate of drug-likeness (QED) is 0.896. The average molecular weight is 345 g/mol. The predicted octanol–water partition coefficient (Wildman–Crippen LogP) is 2.84. The molecule has 0 spiro atoms. The number of carbonyl (C=O) groups excluding carboxylic acids is 1. The number of nitrogens with zero attached hydrogens (tertiary/aromatic N) is 1. The van der Waals surface area contributed by atoms with Crippen LogP contribution in [0.4, 0.5) is 0 Å². The smallest absolute Gasteiger partial charge is 0.259 e. The van der Waals surface area contributed by atoms with Crippen LogP contribution in [-0.4, -0.2) is 44.1 Å². The second-order valence-electron chi connectivity index (χ2n) is 5.87. The molecule has 2 saturated heterocycles. The number of hydrogen-bond donors (Lipinski definition) is 1. The van der Waals surface area contributed by atoms with Crippen LogP contribution in [0.2, 0.25) is 5.02 Å². The highest BCUT2D eigenvalue weighted by Crippen LogP contribution is 2.31. The Morgan fingerprint density at radius 1 is 1.27 bits per heavy atom. The topological polar surface area (TPSA) is 41.6 Å². The molecule has 6 heteroatoms. The molecular weight excluding hydrogens is 323 g/mol. The number of hydrogen-bond acceptors (Lipinski definition) is 3. The number of ether oxygens (including phenoxy) is 1. The van der Waals surface area contributed by atoms with Gasteiger partial charge in [0.15, 0.2) is 0 Å². The fourth-order valence-electron chi connectivity index (χ4n) is 3.46. The molecule has 0 aromatic heterocycles. The number of halogens is 2. The summed E-state index contributed by atoms with van der Waals surface area (Å²) >= 11 is 6.22. The third-order valence-electron chi connectivity index (χ3n) is 4.72. The summed E-state index contributed by atoms with van der Waals surface area (Å²) in [7, 11) is 1.57. The molecule has 1 aromatic rings. The van der Waals surface area contributed by atoms with Crippen LogP contribution < -0.4 is 10.1 Å². The molecule has 1 aromatic carbocycles. The van der Waals surface area contributed by atoms with Gasteiger partial charge in [0.1, 0.15) is 11.3 Å². The zero-order valence-corrected chi connectivity index (χ0v) is 14.3.